The highest BCUT2D eigenvalue weighted by Gasteiger charge is 2.54. The van der Waals surface area contributed by atoms with Gasteiger partial charge in [0.25, 0.3) is 5.24 Å². The quantitative estimate of drug-likeness (QED) is 0.145. The molecule has 2 heterocycles. The van der Waals surface area contributed by atoms with Crippen LogP contribution in [0.2, 0.25) is 0 Å². The van der Waals surface area contributed by atoms with Crippen LogP contribution in [0.1, 0.15) is 48.6 Å². The van der Waals surface area contributed by atoms with Crippen LogP contribution in [0, 0.1) is 0 Å². The Morgan fingerprint density at radius 1 is 0.740 bits per heavy atom. The van der Waals surface area contributed by atoms with Gasteiger partial charge < -0.3 is 14.4 Å². The molecule has 2 aliphatic heterocycles. The van der Waals surface area contributed by atoms with Crippen molar-refractivity contribution in [2.75, 3.05) is 25.1 Å². The highest BCUT2D eigenvalue weighted by Crippen LogP contribution is 2.48. The molecule has 2 unspecified atom stereocenters. The number of hydrogen-bond acceptors (Lipinski definition) is 6. The van der Waals surface area contributed by atoms with Gasteiger partial charge in [-0.1, -0.05) is 142 Å². The maximum absolute atomic E-state index is 14.5. The average molecular weight is 683 g/mol. The van der Waals surface area contributed by atoms with Gasteiger partial charge in [0.1, 0.15) is 29.7 Å². The summed E-state index contributed by atoms with van der Waals surface area (Å²) in [5.74, 6) is 1.40. The zero-order chi connectivity index (χ0) is 34.9. The van der Waals surface area contributed by atoms with Gasteiger partial charge in [-0.05, 0) is 63.9 Å². The molecule has 5 aromatic rings. The lowest BCUT2D eigenvalue weighted by atomic mass is 9.75. The third-order valence-corrected chi connectivity index (χ3v) is 10.7. The van der Waals surface area contributed by atoms with Crippen LogP contribution in [0.15, 0.2) is 133 Å². The fraction of sp³-hybridized carbons (Fsp3) is 0.256. The summed E-state index contributed by atoms with van der Waals surface area (Å²) in [6.45, 7) is 7.78. The van der Waals surface area contributed by atoms with E-state index in [1.807, 2.05) is 115 Å². The number of fused-ring (bicyclic) bond motifs is 1. The molecule has 0 N–H and O–H groups in total. The molecule has 0 saturated carbocycles. The summed E-state index contributed by atoms with van der Waals surface area (Å²) in [5, 5.41) is -0.819. The molecule has 254 valence electrons. The minimum Gasteiger partial charge on any atom is -0.490 e. The van der Waals surface area contributed by atoms with Crippen molar-refractivity contribution in [2.24, 2.45) is 0 Å². The maximum atomic E-state index is 14.5. The number of ether oxygens (including phenoxy) is 2. The van der Waals surface area contributed by atoms with Crippen LogP contribution >= 0.6 is 11.8 Å². The lowest BCUT2D eigenvalue weighted by Gasteiger charge is -2.42. The maximum Gasteiger partial charge on any atom is 0.290 e. The number of carbonyl (C=O) groups is 2. The minimum absolute atomic E-state index is 0.0672. The Balaban J connectivity index is 1.07. The monoisotopic (exact) mass is 682 g/mol. The van der Waals surface area contributed by atoms with Crippen molar-refractivity contribution in [1.29, 1.82) is 0 Å². The lowest BCUT2D eigenvalue weighted by Crippen LogP contribution is -2.51. The number of amides is 2. The Morgan fingerprint density at radius 2 is 1.30 bits per heavy atom. The molecule has 1 fully saturated rings. The molecule has 5 aromatic carbocycles. The van der Waals surface area contributed by atoms with E-state index in [1.165, 1.54) is 10.5 Å². The number of thioether (sulfide) groups is 1. The molecule has 7 rings (SSSR count). The number of imide groups is 1. The molecule has 7 heteroatoms. The second-order valence-corrected chi connectivity index (χ2v) is 15.2. The first kappa shape index (κ1) is 33.5. The average Bonchev–Trinajstić information content (AvgIpc) is 3.41. The first-order chi connectivity index (χ1) is 24.1. The van der Waals surface area contributed by atoms with Crippen LogP contribution in [-0.2, 0) is 22.2 Å². The fourth-order valence-corrected chi connectivity index (χ4v) is 8.09. The number of nitrogens with zero attached hydrogens (tertiary/aromatic N) is 2. The van der Waals surface area contributed by atoms with E-state index in [-0.39, 0.29) is 22.7 Å². The summed E-state index contributed by atoms with van der Waals surface area (Å²) < 4.78 is 12.5. The van der Waals surface area contributed by atoms with Gasteiger partial charge in [0.15, 0.2) is 0 Å². The van der Waals surface area contributed by atoms with Gasteiger partial charge in [0.2, 0.25) is 5.91 Å². The van der Waals surface area contributed by atoms with E-state index < -0.39 is 10.8 Å². The molecule has 0 bridgehead atoms. The van der Waals surface area contributed by atoms with Crippen LogP contribution in [0.5, 0.6) is 11.5 Å². The molecule has 1 saturated heterocycles. The fourth-order valence-electron chi connectivity index (χ4n) is 7.03. The Morgan fingerprint density at radius 3 is 1.84 bits per heavy atom. The lowest BCUT2D eigenvalue weighted by molar-refractivity contribution is -0.129. The Bertz CT molecular complexity index is 1860. The van der Waals surface area contributed by atoms with Crippen LogP contribution in [-0.4, -0.2) is 47.6 Å². The van der Waals surface area contributed by atoms with E-state index >= 15 is 0 Å². The summed E-state index contributed by atoms with van der Waals surface area (Å²) in [6.07, 6.45) is 0.306. The van der Waals surface area contributed by atoms with Crippen LogP contribution in [0.25, 0.3) is 0 Å². The molecule has 0 aliphatic carbocycles. The second-order valence-electron chi connectivity index (χ2n) is 14.1. The van der Waals surface area contributed by atoms with Crippen LogP contribution in [0.4, 0.5) is 10.5 Å². The number of anilines is 1. The molecule has 2 amide bonds. The third-order valence-electron chi connectivity index (χ3n) is 9.62. The summed E-state index contributed by atoms with van der Waals surface area (Å²) >= 11 is 1.10. The van der Waals surface area contributed by atoms with E-state index in [0.717, 1.165) is 57.7 Å². The van der Waals surface area contributed by atoms with Gasteiger partial charge in [0, 0.05) is 7.05 Å². The van der Waals surface area contributed by atoms with Crippen molar-refractivity contribution in [3.63, 3.8) is 0 Å². The van der Waals surface area contributed by atoms with Crippen molar-refractivity contribution < 1.29 is 19.1 Å². The Labute approximate surface area is 299 Å². The van der Waals surface area contributed by atoms with Gasteiger partial charge in [0.05, 0.1) is 17.5 Å². The summed E-state index contributed by atoms with van der Waals surface area (Å²) in [7, 11) is 2.09. The van der Waals surface area contributed by atoms with Gasteiger partial charge in [-0.15, -0.1) is 0 Å². The molecule has 0 radical (unpaired) electrons. The first-order valence-electron chi connectivity index (χ1n) is 17.1. The van der Waals surface area contributed by atoms with Crippen molar-refractivity contribution in [3.05, 3.63) is 161 Å². The second kappa shape index (κ2) is 13.7. The molecule has 0 aromatic heterocycles. The van der Waals surface area contributed by atoms with Gasteiger partial charge in [-0.3, -0.25) is 14.5 Å². The van der Waals surface area contributed by atoms with E-state index in [0.29, 0.717) is 13.0 Å². The molecular weight excluding hydrogens is 641 g/mol. The Kier molecular flexibility index (Phi) is 9.19. The largest absolute Gasteiger partial charge is 0.490 e. The van der Waals surface area contributed by atoms with Crippen molar-refractivity contribution >= 4 is 28.6 Å². The molecule has 0 spiro atoms. The zero-order valence-electron chi connectivity index (χ0n) is 28.9. The van der Waals surface area contributed by atoms with Crippen LogP contribution < -0.4 is 14.4 Å². The third kappa shape index (κ3) is 6.38. The predicted octanol–water partition coefficient (Wildman–Crippen LogP) is 8.86. The molecular formula is C43H42N2O4S. The van der Waals surface area contributed by atoms with Crippen molar-refractivity contribution in [2.45, 2.75) is 49.5 Å². The van der Waals surface area contributed by atoms with E-state index in [9.17, 15) is 9.59 Å². The summed E-state index contributed by atoms with van der Waals surface area (Å²) in [4.78, 5) is 32.2. The van der Waals surface area contributed by atoms with Crippen LogP contribution in [0.3, 0.4) is 0 Å². The summed E-state index contributed by atoms with van der Waals surface area (Å²) in [5.41, 5.74) is 4.84. The van der Waals surface area contributed by atoms with Crippen molar-refractivity contribution in [1.82, 2.24) is 4.90 Å². The zero-order valence-corrected chi connectivity index (χ0v) is 29.7. The SMILES string of the molecule is CN1CC(COc2ccc(CC3SC(=O)N(C(c4ccccc4)(c4ccccc4)c4ccccc4)C3=O)cc2)Oc2ccc(C(C)(C)C)cc21. The number of carbonyl (C=O) groups excluding carboxylic acids is 2. The normalized spacial score (nSPS) is 17.8. The first-order valence-corrected chi connectivity index (χ1v) is 18.0. The van der Waals surface area contributed by atoms with Crippen molar-refractivity contribution in [3.8, 4) is 11.5 Å². The number of hydrogen-bond donors (Lipinski definition) is 0. The number of likely N-dealkylation sites (N-methyl/N-ethyl adjacent to an activating group) is 1. The van der Waals surface area contributed by atoms with E-state index in [4.69, 9.17) is 9.47 Å². The minimum atomic E-state index is -1.12. The van der Waals surface area contributed by atoms with Gasteiger partial charge in [-0.25, -0.2) is 0 Å². The summed E-state index contributed by atoms with van der Waals surface area (Å²) in [6, 6.07) is 43.8. The highest BCUT2D eigenvalue weighted by molar-refractivity contribution is 8.15. The molecule has 6 nitrogen and oxygen atoms in total. The standard InChI is InChI=1S/C43H42N2O4S/c1-42(2,3)34-22-25-38-37(27-34)44(4)28-36(49-38)29-48-35-23-20-30(21-24-35)26-39-40(46)45(41(47)50-39)43(31-14-8-5-9-15-31,32-16-10-6-11-17-32)33-18-12-7-13-19-33/h5-25,27,36,39H,26,28-29H2,1-4H3. The number of rotatable bonds is 9. The smallest absolute Gasteiger partial charge is 0.290 e. The molecule has 50 heavy (non-hydrogen) atoms. The Hall–Kier alpha value is -5.01. The number of benzene rings is 5. The highest BCUT2D eigenvalue weighted by atomic mass is 32.2. The van der Waals surface area contributed by atoms with E-state index in [1.54, 1.807) is 0 Å². The predicted molar refractivity (Wildman–Crippen MR) is 201 cm³/mol. The molecule has 2 aliphatic rings. The van der Waals surface area contributed by atoms with Gasteiger partial charge in [-0.2, -0.15) is 0 Å². The molecule has 2 atom stereocenters. The van der Waals surface area contributed by atoms with Gasteiger partial charge >= 0.3 is 0 Å². The topological polar surface area (TPSA) is 59.1 Å². The van der Waals surface area contributed by atoms with E-state index in [2.05, 4.69) is 50.9 Å².